The van der Waals surface area contributed by atoms with Crippen LogP contribution >= 0.6 is 11.6 Å². The van der Waals surface area contributed by atoms with Crippen molar-refractivity contribution in [3.8, 4) is 0 Å². The lowest BCUT2D eigenvalue weighted by molar-refractivity contribution is 0.135. The van der Waals surface area contributed by atoms with Crippen molar-refractivity contribution in [1.82, 2.24) is 4.31 Å². The van der Waals surface area contributed by atoms with Gasteiger partial charge in [0.1, 0.15) is 5.76 Å². The summed E-state index contributed by atoms with van der Waals surface area (Å²) in [5, 5.41) is 10.3. The Morgan fingerprint density at radius 3 is 2.42 bits per heavy atom. The first-order valence-corrected chi connectivity index (χ1v) is 9.62. The average Bonchev–Trinajstić information content (AvgIpc) is 3.08. The first-order chi connectivity index (χ1) is 11.4. The zero-order valence-electron chi connectivity index (χ0n) is 13.7. The summed E-state index contributed by atoms with van der Waals surface area (Å²) in [7, 11) is -3.81. The van der Waals surface area contributed by atoms with E-state index >= 15 is 0 Å². The molecule has 1 heterocycles. The lowest BCUT2D eigenvalue weighted by Crippen LogP contribution is -2.45. The highest BCUT2D eigenvalue weighted by Gasteiger charge is 2.34. The third kappa shape index (κ3) is 4.19. The van der Waals surface area contributed by atoms with Crippen LogP contribution < -0.4 is 0 Å². The summed E-state index contributed by atoms with van der Waals surface area (Å²) in [5.41, 5.74) is 0. The second kappa shape index (κ2) is 8.16. The third-order valence-electron chi connectivity index (χ3n) is 4.17. The van der Waals surface area contributed by atoms with Gasteiger partial charge in [-0.2, -0.15) is 4.31 Å². The molecule has 0 bridgehead atoms. The molecular formula is C17H22ClNO4S. The van der Waals surface area contributed by atoms with Crippen molar-refractivity contribution in [3.63, 3.8) is 0 Å². The highest BCUT2D eigenvalue weighted by molar-refractivity contribution is 7.89. The van der Waals surface area contributed by atoms with E-state index in [1.54, 1.807) is 12.1 Å². The van der Waals surface area contributed by atoms with Crippen LogP contribution in [0.5, 0.6) is 0 Å². The van der Waals surface area contributed by atoms with E-state index in [0.29, 0.717) is 10.8 Å². The van der Waals surface area contributed by atoms with E-state index in [1.165, 1.54) is 34.8 Å². The molecule has 1 aromatic heterocycles. The fraction of sp³-hybridized carbons (Fsp3) is 0.412. The van der Waals surface area contributed by atoms with Crippen molar-refractivity contribution in [2.24, 2.45) is 5.92 Å². The van der Waals surface area contributed by atoms with Gasteiger partial charge in [0.25, 0.3) is 0 Å². The quantitative estimate of drug-likeness (QED) is 0.770. The van der Waals surface area contributed by atoms with Gasteiger partial charge in [0.05, 0.1) is 30.4 Å². The lowest BCUT2D eigenvalue weighted by Gasteiger charge is -2.32. The molecule has 0 saturated carbocycles. The molecule has 2 aromatic rings. The summed E-state index contributed by atoms with van der Waals surface area (Å²) in [4.78, 5) is 0.139. The molecule has 0 aliphatic heterocycles. The van der Waals surface area contributed by atoms with Gasteiger partial charge in [-0.3, -0.25) is 0 Å². The first kappa shape index (κ1) is 19.0. The number of sulfonamides is 1. The van der Waals surface area contributed by atoms with Crippen LogP contribution in [0, 0.1) is 5.92 Å². The van der Waals surface area contributed by atoms with Crippen LogP contribution in [0.25, 0.3) is 0 Å². The van der Waals surface area contributed by atoms with E-state index in [2.05, 4.69) is 0 Å². The molecule has 0 aliphatic rings. The molecule has 0 aliphatic carbocycles. The van der Waals surface area contributed by atoms with Gasteiger partial charge < -0.3 is 9.52 Å². The molecule has 1 N–H and O–H groups in total. The Labute approximate surface area is 147 Å². The molecule has 0 unspecified atom stereocenters. The topological polar surface area (TPSA) is 70.8 Å². The Hall–Kier alpha value is -1.34. The Balaban J connectivity index is 2.45. The maximum atomic E-state index is 13.1. The first-order valence-electron chi connectivity index (χ1n) is 7.80. The Morgan fingerprint density at radius 1 is 1.25 bits per heavy atom. The molecule has 132 valence electrons. The smallest absolute Gasteiger partial charge is 0.243 e. The molecule has 0 saturated heterocycles. The summed E-state index contributed by atoms with van der Waals surface area (Å²) < 4.78 is 32.9. The van der Waals surface area contributed by atoms with Crippen molar-refractivity contribution in [2.75, 3.05) is 6.61 Å². The normalized spacial score (nSPS) is 14.7. The van der Waals surface area contributed by atoms with Gasteiger partial charge in [-0.25, -0.2) is 8.42 Å². The number of rotatable bonds is 8. The largest absolute Gasteiger partial charge is 0.468 e. The lowest BCUT2D eigenvalue weighted by atomic mass is 10.00. The minimum Gasteiger partial charge on any atom is -0.468 e. The third-order valence-corrected chi connectivity index (χ3v) is 6.31. The van der Waals surface area contributed by atoms with Crippen molar-refractivity contribution >= 4 is 21.6 Å². The summed E-state index contributed by atoms with van der Waals surface area (Å²) in [6.45, 7) is 3.69. The summed E-state index contributed by atoms with van der Waals surface area (Å²) in [6.07, 6.45) is 2.25. The van der Waals surface area contributed by atoms with Gasteiger partial charge in [0.15, 0.2) is 0 Å². The fourth-order valence-corrected chi connectivity index (χ4v) is 4.31. The van der Waals surface area contributed by atoms with Crippen LogP contribution in [-0.4, -0.2) is 30.5 Å². The molecule has 2 atom stereocenters. The molecule has 24 heavy (non-hydrogen) atoms. The maximum absolute atomic E-state index is 13.1. The number of nitrogens with zero attached hydrogens (tertiary/aromatic N) is 1. The minimum atomic E-state index is -3.81. The van der Waals surface area contributed by atoms with Crippen LogP contribution in [0.1, 0.15) is 26.0 Å². The van der Waals surface area contributed by atoms with Crippen molar-refractivity contribution in [1.29, 1.82) is 0 Å². The van der Waals surface area contributed by atoms with Crippen molar-refractivity contribution in [3.05, 3.63) is 53.4 Å². The van der Waals surface area contributed by atoms with E-state index < -0.39 is 16.1 Å². The fourth-order valence-electron chi connectivity index (χ4n) is 2.51. The van der Waals surface area contributed by atoms with Gasteiger partial charge in [0, 0.05) is 5.02 Å². The predicted octanol–water partition coefficient (Wildman–Crippen LogP) is 3.53. The van der Waals surface area contributed by atoms with Crippen LogP contribution in [0.4, 0.5) is 0 Å². The summed E-state index contributed by atoms with van der Waals surface area (Å²) in [6, 6.07) is 8.90. The van der Waals surface area contributed by atoms with Crippen LogP contribution in [0.2, 0.25) is 5.02 Å². The molecular weight excluding hydrogens is 350 g/mol. The molecule has 0 amide bonds. The van der Waals surface area contributed by atoms with Crippen molar-refractivity contribution < 1.29 is 17.9 Å². The zero-order valence-corrected chi connectivity index (χ0v) is 15.3. The van der Waals surface area contributed by atoms with E-state index in [-0.39, 0.29) is 24.0 Å². The van der Waals surface area contributed by atoms with E-state index in [9.17, 15) is 13.5 Å². The number of aliphatic hydroxyl groups excluding tert-OH is 1. The van der Waals surface area contributed by atoms with Gasteiger partial charge in [-0.15, -0.1) is 0 Å². The molecule has 5 nitrogen and oxygen atoms in total. The second-order valence-corrected chi connectivity index (χ2v) is 8.05. The summed E-state index contributed by atoms with van der Waals surface area (Å²) >= 11 is 5.86. The molecule has 0 spiro atoms. The molecule has 0 fully saturated rings. The van der Waals surface area contributed by atoms with Crippen LogP contribution in [0.15, 0.2) is 52.0 Å². The van der Waals surface area contributed by atoms with E-state index in [0.717, 1.165) is 6.42 Å². The zero-order chi connectivity index (χ0) is 17.7. The average molecular weight is 372 g/mol. The number of halogens is 1. The number of aliphatic hydroxyl groups is 1. The van der Waals surface area contributed by atoms with Crippen LogP contribution in [-0.2, 0) is 16.6 Å². The van der Waals surface area contributed by atoms with Crippen LogP contribution in [0.3, 0.4) is 0 Å². The Morgan fingerprint density at radius 2 is 1.92 bits per heavy atom. The summed E-state index contributed by atoms with van der Waals surface area (Å²) in [5.74, 6) is 0.515. The van der Waals surface area contributed by atoms with Gasteiger partial charge in [0.2, 0.25) is 10.0 Å². The highest BCUT2D eigenvalue weighted by Crippen LogP contribution is 2.26. The molecule has 7 heteroatoms. The van der Waals surface area contributed by atoms with E-state index in [4.69, 9.17) is 16.0 Å². The Bertz CT molecular complexity index is 728. The molecule has 2 rings (SSSR count). The van der Waals surface area contributed by atoms with E-state index in [1.807, 2.05) is 13.8 Å². The minimum absolute atomic E-state index is 0.00737. The van der Waals surface area contributed by atoms with Gasteiger partial charge in [-0.05, 0) is 42.3 Å². The standard InChI is InChI=1S/C17H22ClNO4S/c1-3-13(2)17(12-20)19(11-15-5-4-10-23-15)24(21,22)16-8-6-14(18)7-9-16/h4-10,13,17,20H,3,11-12H2,1-2H3/t13-,17+/m0/s1. The Kier molecular flexibility index (Phi) is 6.46. The number of furan rings is 1. The number of hydrogen-bond donors (Lipinski definition) is 1. The maximum Gasteiger partial charge on any atom is 0.243 e. The number of hydrogen-bond acceptors (Lipinski definition) is 4. The number of benzene rings is 1. The molecule has 1 aromatic carbocycles. The van der Waals surface area contributed by atoms with Gasteiger partial charge in [-0.1, -0.05) is 31.9 Å². The monoisotopic (exact) mass is 371 g/mol. The predicted molar refractivity (Wildman–Crippen MR) is 93.2 cm³/mol. The molecule has 0 radical (unpaired) electrons. The highest BCUT2D eigenvalue weighted by atomic mass is 35.5. The van der Waals surface area contributed by atoms with Crippen molar-refractivity contribution in [2.45, 2.75) is 37.8 Å². The SMILES string of the molecule is CC[C@H](C)[C@@H](CO)N(Cc1ccco1)S(=O)(=O)c1ccc(Cl)cc1. The second-order valence-electron chi connectivity index (χ2n) is 5.72. The van der Waals surface area contributed by atoms with Gasteiger partial charge >= 0.3 is 0 Å².